The third kappa shape index (κ3) is 1.75. The van der Waals surface area contributed by atoms with E-state index in [-0.39, 0.29) is 0 Å². The Bertz CT molecular complexity index is 629. The van der Waals surface area contributed by atoms with Crippen molar-refractivity contribution in [2.75, 3.05) is 0 Å². The van der Waals surface area contributed by atoms with Crippen molar-refractivity contribution in [1.82, 2.24) is 25.4 Å². The van der Waals surface area contributed by atoms with Crippen LogP contribution in [-0.4, -0.2) is 25.4 Å². The first-order valence-electron chi connectivity index (χ1n) is 5.30. The molecule has 7 nitrogen and oxygen atoms in total. The first-order chi connectivity index (χ1) is 8.74. The highest BCUT2D eigenvalue weighted by Crippen LogP contribution is 2.28. The Morgan fingerprint density at radius 1 is 0.889 bits per heavy atom. The second-order valence-electron chi connectivity index (χ2n) is 3.65. The predicted octanol–water partition coefficient (Wildman–Crippen LogP) is 1.80. The molecule has 0 fully saturated rings. The number of hydrogen-bond donors (Lipinski definition) is 0. The Kier molecular flexibility index (Phi) is 2.36. The van der Waals surface area contributed by atoms with Gasteiger partial charge in [-0.05, 0) is 12.1 Å². The van der Waals surface area contributed by atoms with Crippen molar-refractivity contribution in [2.45, 2.75) is 13.8 Å². The minimum absolute atomic E-state index is 0.332. The summed E-state index contributed by atoms with van der Waals surface area (Å²) in [6.45, 7) is 3.44. The molecule has 0 aliphatic rings. The summed E-state index contributed by atoms with van der Waals surface area (Å²) in [5, 5.41) is 15.5. The summed E-state index contributed by atoms with van der Waals surface area (Å²) < 4.78 is 10.8. The molecule has 0 aliphatic heterocycles. The molecule has 0 aliphatic carbocycles. The van der Waals surface area contributed by atoms with Crippen molar-refractivity contribution in [3.8, 4) is 23.0 Å². The molecule has 18 heavy (non-hydrogen) atoms. The molecule has 0 amide bonds. The smallest absolute Gasteiger partial charge is 0.267 e. The van der Waals surface area contributed by atoms with Gasteiger partial charge in [-0.25, -0.2) is 0 Å². The van der Waals surface area contributed by atoms with Gasteiger partial charge in [-0.2, -0.15) is 0 Å². The molecule has 3 rings (SSSR count). The lowest BCUT2D eigenvalue weighted by atomic mass is 10.2. The molecule has 3 heterocycles. The zero-order valence-electron chi connectivity index (χ0n) is 9.78. The van der Waals surface area contributed by atoms with Crippen LogP contribution >= 0.6 is 0 Å². The number of aromatic nitrogens is 5. The maximum absolute atomic E-state index is 5.39. The molecular weight excluding hydrogens is 234 g/mol. The fourth-order valence-electron chi connectivity index (χ4n) is 1.55. The Morgan fingerprint density at radius 2 is 1.56 bits per heavy atom. The lowest BCUT2D eigenvalue weighted by molar-refractivity contribution is 0.525. The molecule has 0 saturated heterocycles. The largest absolute Gasteiger partial charge is 0.421 e. The van der Waals surface area contributed by atoms with E-state index in [2.05, 4.69) is 25.4 Å². The van der Waals surface area contributed by atoms with Gasteiger partial charge >= 0.3 is 0 Å². The maximum atomic E-state index is 5.39. The van der Waals surface area contributed by atoms with Gasteiger partial charge in [0.15, 0.2) is 0 Å². The van der Waals surface area contributed by atoms with Gasteiger partial charge < -0.3 is 8.83 Å². The van der Waals surface area contributed by atoms with Crippen molar-refractivity contribution in [3.63, 3.8) is 0 Å². The van der Waals surface area contributed by atoms with Crippen LogP contribution < -0.4 is 0 Å². The Morgan fingerprint density at radius 3 is 2.17 bits per heavy atom. The van der Waals surface area contributed by atoms with E-state index in [0.717, 1.165) is 0 Å². The Balaban J connectivity index is 2.16. The van der Waals surface area contributed by atoms with Crippen molar-refractivity contribution in [2.24, 2.45) is 0 Å². The molecule has 0 radical (unpaired) electrons. The van der Waals surface area contributed by atoms with E-state index in [0.29, 0.717) is 34.8 Å². The van der Waals surface area contributed by atoms with E-state index in [1.165, 1.54) is 0 Å². The molecule has 7 heteroatoms. The summed E-state index contributed by atoms with van der Waals surface area (Å²) >= 11 is 0. The van der Waals surface area contributed by atoms with Gasteiger partial charge in [-0.3, -0.25) is 4.98 Å². The fraction of sp³-hybridized carbons (Fsp3) is 0.182. The first kappa shape index (κ1) is 10.6. The third-order valence-electron chi connectivity index (χ3n) is 2.29. The van der Waals surface area contributed by atoms with Crippen molar-refractivity contribution >= 4 is 0 Å². The average Bonchev–Trinajstić information content (AvgIpc) is 2.98. The summed E-state index contributed by atoms with van der Waals surface area (Å²) in [7, 11) is 0. The normalized spacial score (nSPS) is 10.8. The number of hydrogen-bond acceptors (Lipinski definition) is 7. The second kappa shape index (κ2) is 4.02. The number of aryl methyl sites for hydroxylation is 2. The van der Waals surface area contributed by atoms with E-state index >= 15 is 0 Å². The minimum Gasteiger partial charge on any atom is -0.421 e. The van der Waals surface area contributed by atoms with Gasteiger partial charge in [0.25, 0.3) is 5.89 Å². The zero-order valence-corrected chi connectivity index (χ0v) is 9.78. The molecule has 90 valence electrons. The van der Waals surface area contributed by atoms with Gasteiger partial charge in [0.1, 0.15) is 5.69 Å². The number of rotatable bonds is 2. The van der Waals surface area contributed by atoms with Gasteiger partial charge in [0.2, 0.25) is 17.7 Å². The minimum atomic E-state index is 0.332. The molecule has 3 aromatic heterocycles. The quantitative estimate of drug-likeness (QED) is 0.677. The molecule has 0 N–H and O–H groups in total. The highest BCUT2D eigenvalue weighted by atomic mass is 16.4. The topological polar surface area (TPSA) is 90.7 Å². The average molecular weight is 243 g/mol. The third-order valence-corrected chi connectivity index (χ3v) is 2.29. The predicted molar refractivity (Wildman–Crippen MR) is 60.3 cm³/mol. The maximum Gasteiger partial charge on any atom is 0.267 e. The van der Waals surface area contributed by atoms with E-state index in [4.69, 9.17) is 8.83 Å². The molecule has 0 spiro atoms. The second-order valence-corrected chi connectivity index (χ2v) is 3.65. The first-order valence-corrected chi connectivity index (χ1v) is 5.30. The van der Waals surface area contributed by atoms with Gasteiger partial charge in [-0.15, -0.1) is 20.4 Å². The van der Waals surface area contributed by atoms with Crippen LogP contribution in [0.15, 0.2) is 27.2 Å². The Labute approximate surface area is 102 Å². The lowest BCUT2D eigenvalue weighted by Crippen LogP contribution is -1.89. The SMILES string of the molecule is Cc1nnc(-c2cccnc2-c2nnc(C)o2)o1. The van der Waals surface area contributed by atoms with E-state index in [1.54, 1.807) is 26.1 Å². The highest BCUT2D eigenvalue weighted by Gasteiger charge is 2.17. The van der Waals surface area contributed by atoms with Crippen LogP contribution in [0.2, 0.25) is 0 Å². The van der Waals surface area contributed by atoms with Gasteiger partial charge in [0.05, 0.1) is 5.56 Å². The van der Waals surface area contributed by atoms with Crippen LogP contribution in [0.3, 0.4) is 0 Å². The van der Waals surface area contributed by atoms with Crippen molar-refractivity contribution in [3.05, 3.63) is 30.1 Å². The van der Waals surface area contributed by atoms with Crippen LogP contribution in [0.4, 0.5) is 0 Å². The summed E-state index contributed by atoms with van der Waals surface area (Å²) in [5.41, 5.74) is 1.20. The van der Waals surface area contributed by atoms with Crippen molar-refractivity contribution in [1.29, 1.82) is 0 Å². The molecule has 0 aromatic carbocycles. The monoisotopic (exact) mass is 243 g/mol. The van der Waals surface area contributed by atoms with Gasteiger partial charge in [-0.1, -0.05) is 0 Å². The van der Waals surface area contributed by atoms with E-state index in [1.807, 2.05) is 6.07 Å². The summed E-state index contributed by atoms with van der Waals surface area (Å²) in [4.78, 5) is 4.22. The highest BCUT2D eigenvalue weighted by molar-refractivity contribution is 5.71. The van der Waals surface area contributed by atoms with Gasteiger partial charge in [0, 0.05) is 20.0 Å². The number of nitrogens with zero attached hydrogens (tertiary/aromatic N) is 5. The van der Waals surface area contributed by atoms with Crippen LogP contribution in [0.1, 0.15) is 11.8 Å². The standard InChI is InChI=1S/C11H9N5O2/c1-6-13-15-10(17-6)8-4-3-5-12-9(8)11-16-14-7(2)18-11/h3-5H,1-2H3. The van der Waals surface area contributed by atoms with Crippen LogP contribution in [0.5, 0.6) is 0 Å². The summed E-state index contributed by atoms with van der Waals surface area (Å²) in [6.07, 6.45) is 1.64. The molecule has 0 saturated carbocycles. The van der Waals surface area contributed by atoms with Crippen LogP contribution in [-0.2, 0) is 0 Å². The molecule has 0 bridgehead atoms. The summed E-state index contributed by atoms with van der Waals surface area (Å²) in [5.74, 6) is 1.68. The fourth-order valence-corrected chi connectivity index (χ4v) is 1.55. The lowest BCUT2D eigenvalue weighted by Gasteiger charge is -1.99. The van der Waals surface area contributed by atoms with Crippen LogP contribution in [0.25, 0.3) is 23.0 Å². The van der Waals surface area contributed by atoms with Crippen LogP contribution in [0, 0.1) is 13.8 Å². The molecular formula is C11H9N5O2. The zero-order chi connectivity index (χ0) is 12.5. The molecule has 0 unspecified atom stereocenters. The van der Waals surface area contributed by atoms with E-state index < -0.39 is 0 Å². The molecule has 3 aromatic rings. The van der Waals surface area contributed by atoms with Crippen molar-refractivity contribution < 1.29 is 8.83 Å². The number of pyridine rings is 1. The van der Waals surface area contributed by atoms with E-state index in [9.17, 15) is 0 Å². The summed E-state index contributed by atoms with van der Waals surface area (Å²) in [6, 6.07) is 3.59. The molecule has 0 atom stereocenters. The Hall–Kier alpha value is -2.57.